The molecule has 0 spiro atoms. The Hall–Kier alpha value is -3.37. The zero-order valence-corrected chi connectivity index (χ0v) is 21.7. The van der Waals surface area contributed by atoms with Crippen LogP contribution in [0.3, 0.4) is 0 Å². The van der Waals surface area contributed by atoms with E-state index in [1.54, 1.807) is 6.07 Å². The number of halogens is 1. The zero-order chi connectivity index (χ0) is 25.7. The Bertz CT molecular complexity index is 1550. The number of rotatable bonds is 8. The highest BCUT2D eigenvalue weighted by Gasteiger charge is 2.34. The van der Waals surface area contributed by atoms with Crippen molar-refractivity contribution < 1.29 is 14.7 Å². The van der Waals surface area contributed by atoms with E-state index in [1.807, 2.05) is 25.1 Å². The first kappa shape index (κ1) is 24.0. The van der Waals surface area contributed by atoms with E-state index >= 15 is 0 Å². The molecule has 1 aliphatic carbocycles. The van der Waals surface area contributed by atoms with Crippen molar-refractivity contribution in [1.82, 2.24) is 25.3 Å². The first-order valence-corrected chi connectivity index (χ1v) is 13.5. The first-order valence-electron chi connectivity index (χ1n) is 12.3. The number of pyridine rings is 1. The predicted octanol–water partition coefficient (Wildman–Crippen LogP) is 4.53. The van der Waals surface area contributed by atoms with Gasteiger partial charge in [0.05, 0.1) is 15.9 Å². The third kappa shape index (κ3) is 4.71. The Morgan fingerprint density at radius 3 is 2.70 bits per heavy atom. The number of aromatic nitrogens is 4. The molecule has 0 radical (unpaired) electrons. The molecule has 3 aromatic heterocycles. The van der Waals surface area contributed by atoms with Gasteiger partial charge in [0, 0.05) is 47.4 Å². The predicted molar refractivity (Wildman–Crippen MR) is 143 cm³/mol. The minimum absolute atomic E-state index is 0.00314. The van der Waals surface area contributed by atoms with Crippen molar-refractivity contribution in [3.05, 3.63) is 46.7 Å². The molecular formula is C26H25ClN6O3S. The normalized spacial score (nSPS) is 15.8. The van der Waals surface area contributed by atoms with Crippen molar-refractivity contribution >= 4 is 63.0 Å². The first-order chi connectivity index (χ1) is 17.9. The Kier molecular flexibility index (Phi) is 6.16. The van der Waals surface area contributed by atoms with Gasteiger partial charge in [0.1, 0.15) is 17.2 Å². The number of aromatic amines is 1. The summed E-state index contributed by atoms with van der Waals surface area (Å²) in [5.74, 6) is 0.466. The third-order valence-electron chi connectivity index (χ3n) is 6.84. The molecule has 6 rings (SSSR count). The summed E-state index contributed by atoms with van der Waals surface area (Å²) in [5.41, 5.74) is 2.20. The molecule has 9 nitrogen and oxygen atoms in total. The second kappa shape index (κ2) is 9.50. The summed E-state index contributed by atoms with van der Waals surface area (Å²) >= 11 is 8.12. The lowest BCUT2D eigenvalue weighted by Crippen LogP contribution is -2.52. The molecule has 4 aromatic rings. The Balaban J connectivity index is 1.27. The molecule has 1 amide bonds. The lowest BCUT2D eigenvalue weighted by Gasteiger charge is -2.40. The molecule has 190 valence electrons. The number of benzene rings is 1. The number of hydrogen-bond acceptors (Lipinski definition) is 7. The second-order valence-electron chi connectivity index (χ2n) is 9.57. The van der Waals surface area contributed by atoms with Gasteiger partial charge in [-0.15, -0.1) is 0 Å². The molecule has 1 aromatic carbocycles. The van der Waals surface area contributed by atoms with Crippen LogP contribution in [-0.2, 0) is 11.2 Å². The monoisotopic (exact) mass is 536 g/mol. The number of nitrogens with one attached hydrogen (secondary N) is 2. The summed E-state index contributed by atoms with van der Waals surface area (Å²) in [6, 6.07) is 8.96. The van der Waals surface area contributed by atoms with Gasteiger partial charge in [-0.3, -0.25) is 4.79 Å². The Morgan fingerprint density at radius 2 is 1.97 bits per heavy atom. The summed E-state index contributed by atoms with van der Waals surface area (Å²) in [7, 11) is 0. The van der Waals surface area contributed by atoms with Crippen LogP contribution in [0.1, 0.15) is 35.9 Å². The van der Waals surface area contributed by atoms with Crippen LogP contribution >= 0.6 is 23.4 Å². The number of amides is 1. The number of fused-ring (bicyclic) bond motifs is 2. The van der Waals surface area contributed by atoms with Crippen LogP contribution in [0.25, 0.3) is 21.9 Å². The average molecular weight is 537 g/mol. The van der Waals surface area contributed by atoms with Gasteiger partial charge < -0.3 is 20.3 Å². The topological polar surface area (TPSA) is 124 Å². The number of carboxylic acid groups (broad SMARTS) is 1. The standard InChI is InChI=1S/C26H25ClN6O3S/c1-2-17-21(27)20-22(30-17)31-26(32-23(20)33-11-13(12-33)10-28-24(34)15-3-4-15)37-16-7-5-14-6-8-18(25(35)36)29-19(14)9-16/h5-9,13,15H,2-4,10-12H2,1H3,(H,28,34)(H,35,36)(H,30,31,32). The molecule has 0 bridgehead atoms. The van der Waals surface area contributed by atoms with E-state index in [2.05, 4.69) is 20.2 Å². The highest BCUT2D eigenvalue weighted by Crippen LogP contribution is 2.39. The molecule has 2 fully saturated rings. The van der Waals surface area contributed by atoms with E-state index in [4.69, 9.17) is 21.6 Å². The Morgan fingerprint density at radius 1 is 1.19 bits per heavy atom. The van der Waals surface area contributed by atoms with Crippen LogP contribution in [0.4, 0.5) is 5.82 Å². The quantitative estimate of drug-likeness (QED) is 0.280. The summed E-state index contributed by atoms with van der Waals surface area (Å²) in [5, 5.41) is 15.2. The van der Waals surface area contributed by atoms with Crippen LogP contribution in [0.15, 0.2) is 40.4 Å². The van der Waals surface area contributed by atoms with Gasteiger partial charge in [-0.05, 0) is 49.2 Å². The minimum Gasteiger partial charge on any atom is -0.477 e. The molecule has 1 saturated carbocycles. The number of anilines is 1. The van der Waals surface area contributed by atoms with Crippen LogP contribution < -0.4 is 10.2 Å². The third-order valence-corrected chi connectivity index (χ3v) is 8.11. The van der Waals surface area contributed by atoms with Crippen molar-refractivity contribution in [2.75, 3.05) is 24.5 Å². The van der Waals surface area contributed by atoms with Crippen molar-refractivity contribution in [1.29, 1.82) is 0 Å². The zero-order valence-electron chi connectivity index (χ0n) is 20.1. The van der Waals surface area contributed by atoms with Crippen LogP contribution in [-0.4, -0.2) is 56.6 Å². The SMILES string of the molecule is CCc1[nH]c2nc(Sc3ccc4ccc(C(=O)O)nc4c3)nc(N3CC(CNC(=O)C4CC4)C3)c2c1Cl. The fourth-order valence-corrected chi connectivity index (χ4v) is 5.72. The molecule has 0 atom stereocenters. The van der Waals surface area contributed by atoms with Gasteiger partial charge in [-0.1, -0.05) is 30.7 Å². The van der Waals surface area contributed by atoms with Gasteiger partial charge in [0.2, 0.25) is 5.91 Å². The number of carbonyl (C=O) groups is 2. The van der Waals surface area contributed by atoms with E-state index in [1.165, 1.54) is 17.8 Å². The summed E-state index contributed by atoms with van der Waals surface area (Å²) in [4.78, 5) is 43.6. The molecule has 4 heterocycles. The molecule has 1 saturated heterocycles. The number of H-pyrrole nitrogens is 1. The largest absolute Gasteiger partial charge is 0.477 e. The van der Waals surface area contributed by atoms with Crippen molar-refractivity contribution in [3.63, 3.8) is 0 Å². The maximum Gasteiger partial charge on any atom is 0.354 e. The molecule has 11 heteroatoms. The van der Waals surface area contributed by atoms with Crippen molar-refractivity contribution in [2.45, 2.75) is 36.2 Å². The highest BCUT2D eigenvalue weighted by atomic mass is 35.5. The number of carboxylic acids is 1. The molecule has 37 heavy (non-hydrogen) atoms. The number of nitrogens with zero attached hydrogens (tertiary/aromatic N) is 4. The summed E-state index contributed by atoms with van der Waals surface area (Å²) in [6.45, 7) is 4.27. The Labute approximate surface area is 222 Å². The smallest absolute Gasteiger partial charge is 0.354 e. The lowest BCUT2D eigenvalue weighted by molar-refractivity contribution is -0.122. The number of hydrogen-bond donors (Lipinski definition) is 3. The van der Waals surface area contributed by atoms with Crippen LogP contribution in [0.2, 0.25) is 5.02 Å². The van der Waals surface area contributed by atoms with Crippen molar-refractivity contribution in [3.8, 4) is 0 Å². The number of aromatic carboxylic acids is 1. The molecular weight excluding hydrogens is 512 g/mol. The highest BCUT2D eigenvalue weighted by molar-refractivity contribution is 7.99. The molecule has 3 N–H and O–H groups in total. The van der Waals surface area contributed by atoms with E-state index in [0.717, 1.165) is 59.5 Å². The van der Waals surface area contributed by atoms with Gasteiger partial charge in [0.25, 0.3) is 0 Å². The maximum absolute atomic E-state index is 12.0. The van der Waals surface area contributed by atoms with E-state index < -0.39 is 5.97 Å². The van der Waals surface area contributed by atoms with Crippen molar-refractivity contribution in [2.24, 2.45) is 11.8 Å². The van der Waals surface area contributed by atoms with Gasteiger partial charge in [-0.2, -0.15) is 0 Å². The van der Waals surface area contributed by atoms with Crippen LogP contribution in [0, 0.1) is 11.8 Å². The number of aryl methyl sites for hydroxylation is 1. The maximum atomic E-state index is 12.0. The van der Waals surface area contributed by atoms with E-state index in [9.17, 15) is 14.7 Å². The van der Waals surface area contributed by atoms with Gasteiger partial charge in [-0.25, -0.2) is 19.7 Å². The summed E-state index contributed by atoms with van der Waals surface area (Å²) in [6.07, 6.45) is 2.75. The fraction of sp³-hybridized carbons (Fsp3) is 0.346. The van der Waals surface area contributed by atoms with E-state index in [-0.39, 0.29) is 17.5 Å². The summed E-state index contributed by atoms with van der Waals surface area (Å²) < 4.78 is 0. The average Bonchev–Trinajstić information content (AvgIpc) is 3.66. The number of carbonyl (C=O) groups excluding carboxylic acids is 1. The molecule has 0 unspecified atom stereocenters. The van der Waals surface area contributed by atoms with Gasteiger partial charge >= 0.3 is 5.97 Å². The fourth-order valence-electron chi connectivity index (χ4n) is 4.58. The van der Waals surface area contributed by atoms with E-state index in [0.29, 0.717) is 33.8 Å². The molecule has 2 aliphatic rings. The van der Waals surface area contributed by atoms with Gasteiger partial charge in [0.15, 0.2) is 5.16 Å². The second-order valence-corrected chi connectivity index (χ2v) is 11.0. The van der Waals surface area contributed by atoms with Crippen LogP contribution in [0.5, 0.6) is 0 Å². The minimum atomic E-state index is -1.06. The lowest BCUT2D eigenvalue weighted by atomic mass is 9.99. The molecule has 1 aliphatic heterocycles.